The topological polar surface area (TPSA) is 127 Å². The summed E-state index contributed by atoms with van der Waals surface area (Å²) in [4.78, 5) is 33.8. The number of amides is 1. The second-order valence-electron chi connectivity index (χ2n) is 4.45. The highest BCUT2D eigenvalue weighted by atomic mass is 16.6. The number of nitrogens with zero attached hydrogens (tertiary/aromatic N) is 2. The Hall–Kier alpha value is -2.64. The van der Waals surface area contributed by atoms with E-state index in [-0.39, 0.29) is 29.5 Å². The van der Waals surface area contributed by atoms with Crippen molar-refractivity contribution in [2.24, 2.45) is 5.73 Å². The quantitative estimate of drug-likeness (QED) is 0.591. The molecule has 1 rings (SSSR count). The van der Waals surface area contributed by atoms with Crippen LogP contribution in [0.3, 0.4) is 0 Å². The van der Waals surface area contributed by atoms with Crippen LogP contribution in [0, 0.1) is 10.1 Å². The van der Waals surface area contributed by atoms with Crippen molar-refractivity contribution < 1.29 is 19.6 Å². The zero-order valence-electron chi connectivity index (χ0n) is 11.1. The molecule has 8 nitrogen and oxygen atoms in total. The van der Waals surface area contributed by atoms with E-state index >= 15 is 0 Å². The van der Waals surface area contributed by atoms with Gasteiger partial charge in [-0.25, -0.2) is 4.79 Å². The highest BCUT2D eigenvalue weighted by Crippen LogP contribution is 2.30. The molecule has 0 bridgehead atoms. The first-order valence-electron chi connectivity index (χ1n) is 5.80. The van der Waals surface area contributed by atoms with Gasteiger partial charge < -0.3 is 15.7 Å². The summed E-state index contributed by atoms with van der Waals surface area (Å²) in [6.45, 7) is 3.31. The summed E-state index contributed by atoms with van der Waals surface area (Å²) in [5.74, 6) is -1.89. The molecule has 0 aromatic heterocycles. The van der Waals surface area contributed by atoms with E-state index in [4.69, 9.17) is 10.8 Å². The Labute approximate surface area is 114 Å². The van der Waals surface area contributed by atoms with Crippen molar-refractivity contribution in [3.63, 3.8) is 0 Å². The van der Waals surface area contributed by atoms with E-state index in [1.54, 1.807) is 13.8 Å². The zero-order chi connectivity index (χ0) is 15.4. The highest BCUT2D eigenvalue weighted by molar-refractivity contribution is 5.90. The summed E-state index contributed by atoms with van der Waals surface area (Å²) >= 11 is 0. The van der Waals surface area contributed by atoms with Crippen LogP contribution < -0.4 is 10.6 Å². The van der Waals surface area contributed by atoms with Crippen molar-refractivity contribution in [3.8, 4) is 0 Å². The van der Waals surface area contributed by atoms with Crippen LogP contribution in [0.1, 0.15) is 24.2 Å². The van der Waals surface area contributed by atoms with E-state index < -0.39 is 16.8 Å². The first kappa shape index (κ1) is 15.4. The first-order chi connectivity index (χ1) is 9.23. The Bertz CT molecular complexity index is 556. The molecular formula is C12H15N3O5. The van der Waals surface area contributed by atoms with Crippen molar-refractivity contribution in [1.29, 1.82) is 0 Å². The Kier molecular flexibility index (Phi) is 4.63. The molecule has 1 aromatic rings. The van der Waals surface area contributed by atoms with Gasteiger partial charge in [-0.05, 0) is 26.0 Å². The number of hydrogen-bond donors (Lipinski definition) is 2. The SMILES string of the molecule is CC(C)N(CC(N)=O)c1ccc(C(=O)O)cc1[N+](=O)[O-]. The van der Waals surface area contributed by atoms with Crippen molar-refractivity contribution >= 4 is 23.3 Å². The molecule has 0 saturated carbocycles. The summed E-state index contributed by atoms with van der Waals surface area (Å²) in [5.41, 5.74) is 4.72. The van der Waals surface area contributed by atoms with E-state index in [2.05, 4.69) is 0 Å². The number of primary amides is 1. The largest absolute Gasteiger partial charge is 0.478 e. The number of carbonyl (C=O) groups excluding carboxylic acids is 1. The molecule has 0 heterocycles. The minimum atomic E-state index is -1.26. The van der Waals surface area contributed by atoms with Crippen LogP contribution in [0.5, 0.6) is 0 Å². The predicted molar refractivity (Wildman–Crippen MR) is 71.7 cm³/mol. The van der Waals surface area contributed by atoms with Gasteiger partial charge in [0.05, 0.1) is 17.0 Å². The molecule has 108 valence electrons. The Morgan fingerprint density at radius 1 is 1.45 bits per heavy atom. The van der Waals surface area contributed by atoms with Crippen LogP contribution >= 0.6 is 0 Å². The lowest BCUT2D eigenvalue weighted by atomic mass is 10.1. The van der Waals surface area contributed by atoms with Crippen LogP contribution in [-0.2, 0) is 4.79 Å². The average Bonchev–Trinajstić information content (AvgIpc) is 2.34. The van der Waals surface area contributed by atoms with E-state index in [0.29, 0.717) is 0 Å². The fourth-order valence-corrected chi connectivity index (χ4v) is 1.76. The molecule has 0 aliphatic carbocycles. The molecule has 8 heteroatoms. The molecule has 0 fully saturated rings. The van der Waals surface area contributed by atoms with Crippen molar-refractivity contribution in [1.82, 2.24) is 0 Å². The molecule has 1 aromatic carbocycles. The van der Waals surface area contributed by atoms with E-state index in [9.17, 15) is 19.7 Å². The molecule has 0 unspecified atom stereocenters. The number of nitro benzene ring substituents is 1. The number of anilines is 1. The lowest BCUT2D eigenvalue weighted by Crippen LogP contribution is -2.39. The fraction of sp³-hybridized carbons (Fsp3) is 0.333. The second kappa shape index (κ2) is 6.00. The molecule has 0 radical (unpaired) electrons. The van der Waals surface area contributed by atoms with Gasteiger partial charge in [0.2, 0.25) is 5.91 Å². The molecule has 0 spiro atoms. The molecule has 3 N–H and O–H groups in total. The van der Waals surface area contributed by atoms with Crippen molar-refractivity contribution in [3.05, 3.63) is 33.9 Å². The molecule has 0 aliphatic rings. The van der Waals surface area contributed by atoms with Gasteiger partial charge in [0.15, 0.2) is 0 Å². The van der Waals surface area contributed by atoms with E-state index in [0.717, 1.165) is 6.07 Å². The summed E-state index contributed by atoms with van der Waals surface area (Å²) in [7, 11) is 0. The number of benzene rings is 1. The zero-order valence-corrected chi connectivity index (χ0v) is 11.1. The third-order valence-corrected chi connectivity index (χ3v) is 2.68. The number of carboxylic acid groups (broad SMARTS) is 1. The van der Waals surface area contributed by atoms with Gasteiger partial charge in [-0.3, -0.25) is 14.9 Å². The lowest BCUT2D eigenvalue weighted by Gasteiger charge is -2.27. The number of nitrogens with two attached hydrogens (primary N) is 1. The Morgan fingerprint density at radius 2 is 2.05 bits per heavy atom. The van der Waals surface area contributed by atoms with Crippen molar-refractivity contribution in [2.75, 3.05) is 11.4 Å². The lowest BCUT2D eigenvalue weighted by molar-refractivity contribution is -0.384. The first-order valence-corrected chi connectivity index (χ1v) is 5.80. The van der Waals surface area contributed by atoms with Gasteiger partial charge in [-0.2, -0.15) is 0 Å². The van der Waals surface area contributed by atoms with E-state index in [1.807, 2.05) is 0 Å². The third kappa shape index (κ3) is 3.44. The Morgan fingerprint density at radius 3 is 2.45 bits per heavy atom. The van der Waals surface area contributed by atoms with Gasteiger partial charge in [0, 0.05) is 12.1 Å². The fourth-order valence-electron chi connectivity index (χ4n) is 1.76. The maximum absolute atomic E-state index is 11.1. The monoisotopic (exact) mass is 281 g/mol. The van der Waals surface area contributed by atoms with Crippen LogP contribution in [0.2, 0.25) is 0 Å². The number of aromatic carboxylic acids is 1. The van der Waals surface area contributed by atoms with Gasteiger partial charge in [-0.15, -0.1) is 0 Å². The number of carboxylic acids is 1. The molecule has 1 amide bonds. The summed E-state index contributed by atoms with van der Waals surface area (Å²) < 4.78 is 0. The van der Waals surface area contributed by atoms with Gasteiger partial charge in [0.1, 0.15) is 5.69 Å². The van der Waals surface area contributed by atoms with Crippen molar-refractivity contribution in [2.45, 2.75) is 19.9 Å². The summed E-state index contributed by atoms with van der Waals surface area (Å²) in [6, 6.07) is 3.32. The number of nitro groups is 1. The summed E-state index contributed by atoms with van der Waals surface area (Å²) in [6.07, 6.45) is 0. The third-order valence-electron chi connectivity index (χ3n) is 2.68. The van der Waals surface area contributed by atoms with Crippen LogP contribution in [0.25, 0.3) is 0 Å². The van der Waals surface area contributed by atoms with Crippen LogP contribution in [-0.4, -0.2) is 34.5 Å². The number of hydrogen-bond acceptors (Lipinski definition) is 5. The average molecular weight is 281 g/mol. The number of rotatable bonds is 6. The molecule has 20 heavy (non-hydrogen) atoms. The van der Waals surface area contributed by atoms with Gasteiger partial charge in [-0.1, -0.05) is 0 Å². The van der Waals surface area contributed by atoms with Crippen LogP contribution in [0.15, 0.2) is 18.2 Å². The Balaban J connectivity index is 3.37. The minimum absolute atomic E-state index is 0.161. The smallest absolute Gasteiger partial charge is 0.335 e. The standard InChI is InChI=1S/C12H15N3O5/c1-7(2)14(6-11(13)16)9-4-3-8(12(17)18)5-10(9)15(19)20/h3-5,7H,6H2,1-2H3,(H2,13,16)(H,17,18). The second-order valence-corrected chi connectivity index (χ2v) is 4.45. The molecule has 0 saturated heterocycles. The van der Waals surface area contributed by atoms with Crippen LogP contribution in [0.4, 0.5) is 11.4 Å². The normalized spacial score (nSPS) is 10.3. The van der Waals surface area contributed by atoms with Gasteiger partial charge >= 0.3 is 5.97 Å². The molecular weight excluding hydrogens is 266 g/mol. The van der Waals surface area contributed by atoms with Gasteiger partial charge in [0.25, 0.3) is 5.69 Å². The summed E-state index contributed by atoms with van der Waals surface area (Å²) in [5, 5.41) is 19.9. The molecule has 0 atom stereocenters. The maximum atomic E-state index is 11.1. The highest BCUT2D eigenvalue weighted by Gasteiger charge is 2.24. The number of carbonyl (C=O) groups is 2. The molecule has 0 aliphatic heterocycles. The van der Waals surface area contributed by atoms with E-state index in [1.165, 1.54) is 17.0 Å². The predicted octanol–water partition coefficient (Wildman–Crippen LogP) is 0.993. The minimum Gasteiger partial charge on any atom is -0.478 e. The maximum Gasteiger partial charge on any atom is 0.335 e.